The molecule has 0 amide bonds. The number of hydrogen-bond acceptors (Lipinski definition) is 26. The molecule has 0 aliphatic carbocycles. The molecular weight excluding hydrogens is 1810 g/mol. The number of sulfonamides is 1. The third-order valence-electron chi connectivity index (χ3n) is 23.8. The molecule has 27 nitrogen and oxygen atoms in total. The number of morpholine rings is 1. The molecule has 16 rings (SSSR count). The number of nitrogens with one attached hydrogen (secondary N) is 5. The number of hydrogen-bond donors (Lipinski definition) is 5. The minimum atomic E-state index is -3.61. The summed E-state index contributed by atoms with van der Waals surface area (Å²) in [4.78, 5) is 53.6. The predicted molar refractivity (Wildman–Crippen MR) is 555 cm³/mol. The Morgan fingerprint density at radius 2 is 0.728 bits per heavy atom. The van der Waals surface area contributed by atoms with E-state index in [2.05, 4.69) is 198 Å². The molecule has 0 bridgehead atoms. The summed E-state index contributed by atoms with van der Waals surface area (Å²) in [5.74, 6) is 3.57. The fraction of sp³-hybridized carbons (Fsp3) is 0.385. The molecule has 720 valence electrons. The Hall–Kier alpha value is -11.4. The van der Waals surface area contributed by atoms with Gasteiger partial charge in [-0.3, -0.25) is 0 Å². The second-order valence-corrected chi connectivity index (χ2v) is 42.3. The monoisotopic (exact) mass is 1940 g/mol. The molecule has 0 spiro atoms. The van der Waals surface area contributed by atoms with Crippen molar-refractivity contribution in [2.24, 2.45) is 0 Å². The van der Waals surface area contributed by atoms with E-state index < -0.39 is 30.1 Å². The average molecular weight is 1940 g/mol. The summed E-state index contributed by atoms with van der Waals surface area (Å²) in [5.41, 5.74) is 19.5. The first-order chi connectivity index (χ1) is 65.1. The maximum absolute atomic E-state index is 12.8. The van der Waals surface area contributed by atoms with Gasteiger partial charge < -0.3 is 69.8 Å². The van der Waals surface area contributed by atoms with Crippen molar-refractivity contribution in [2.45, 2.75) is 129 Å². The SMILES string of the molecule is CCOc1cc(Cc2nc(Nc3ccc(N4CCN(C)CC4)cc3)ncc2C)ccc1Cl.CCOc1cc(Cc2nc(Nc3ccc(N4CCN(C)CC4)cc3)ncc2Cl)ccc1Cl.CCc1cnc(Nc2ccc(N3CCOCC3)cc2)nc1Cc1cccc(S(=O)(=O)NC(C)(C)C)c1.Cc1cnc(Nc2ccc(N3CCN(C)CC3)cc2)nc1Cc1cccc(CS(=O)(=O)C(C)(C)C)c1. The summed E-state index contributed by atoms with van der Waals surface area (Å²) < 4.78 is 69.5. The summed E-state index contributed by atoms with van der Waals surface area (Å²) in [5, 5.41) is 15.0. The molecule has 136 heavy (non-hydrogen) atoms. The fourth-order valence-corrected chi connectivity index (χ4v) is 18.7. The minimum absolute atomic E-state index is 0.0318. The van der Waals surface area contributed by atoms with E-state index in [-0.39, 0.29) is 10.6 Å². The first kappa shape index (κ1) is 102. The summed E-state index contributed by atoms with van der Waals surface area (Å²) in [7, 11) is -0.363. The third-order valence-corrected chi connectivity index (χ3v) is 29.1. The van der Waals surface area contributed by atoms with E-state index in [1.54, 1.807) is 45.2 Å². The summed E-state index contributed by atoms with van der Waals surface area (Å²) in [6, 6.07) is 59.9. The Bertz CT molecular complexity index is 6000. The van der Waals surface area contributed by atoms with Gasteiger partial charge in [0, 0.05) is 187 Å². The van der Waals surface area contributed by atoms with E-state index in [1.165, 1.54) is 22.7 Å². The average Bonchev–Trinajstić information content (AvgIpc) is 0.796. The van der Waals surface area contributed by atoms with Crippen molar-refractivity contribution in [1.82, 2.24) is 59.3 Å². The number of benzene rings is 8. The molecule has 5 N–H and O–H groups in total. The lowest BCUT2D eigenvalue weighted by Crippen LogP contribution is -2.44. The van der Waals surface area contributed by atoms with Gasteiger partial charge in [-0.25, -0.2) is 61.4 Å². The highest BCUT2D eigenvalue weighted by atomic mass is 35.5. The van der Waals surface area contributed by atoms with Gasteiger partial charge in [0.2, 0.25) is 33.8 Å². The van der Waals surface area contributed by atoms with Crippen molar-refractivity contribution in [3.63, 3.8) is 0 Å². The van der Waals surface area contributed by atoms with Crippen LogP contribution in [-0.4, -0.2) is 221 Å². The third kappa shape index (κ3) is 29.8. The molecule has 0 unspecified atom stereocenters. The van der Waals surface area contributed by atoms with Crippen LogP contribution in [-0.2, 0) is 62.5 Å². The Morgan fingerprint density at radius 1 is 0.382 bits per heavy atom. The number of halogens is 3. The summed E-state index contributed by atoms with van der Waals surface area (Å²) >= 11 is 18.8. The van der Waals surface area contributed by atoms with E-state index >= 15 is 0 Å². The van der Waals surface area contributed by atoms with E-state index in [0.717, 1.165) is 201 Å². The van der Waals surface area contributed by atoms with E-state index in [0.29, 0.717) is 89.3 Å². The molecule has 4 aromatic heterocycles. The summed E-state index contributed by atoms with van der Waals surface area (Å²) in [6.07, 6.45) is 10.3. The number of sulfone groups is 1. The minimum Gasteiger partial charge on any atom is -0.492 e. The molecular formula is C104H129Cl3N20O7S2. The molecule has 12 aromatic rings. The van der Waals surface area contributed by atoms with Crippen molar-refractivity contribution in [3.05, 3.63) is 289 Å². The van der Waals surface area contributed by atoms with Crippen molar-refractivity contribution >= 4 is 124 Å². The maximum Gasteiger partial charge on any atom is 0.241 e. The second kappa shape index (κ2) is 47.6. The number of aryl methyl sites for hydroxylation is 3. The van der Waals surface area contributed by atoms with Crippen molar-refractivity contribution in [2.75, 3.05) is 180 Å². The lowest BCUT2D eigenvalue weighted by molar-refractivity contribution is 0.122. The number of anilines is 12. The highest BCUT2D eigenvalue weighted by molar-refractivity contribution is 7.92. The molecule has 4 aliphatic rings. The maximum atomic E-state index is 12.8. The topological polar surface area (TPSA) is 282 Å². The Kier molecular flexibility index (Phi) is 35.7. The first-order valence-electron chi connectivity index (χ1n) is 46.5. The van der Waals surface area contributed by atoms with Crippen LogP contribution in [0.5, 0.6) is 11.5 Å². The standard InChI is InChI=1S/C28H37N5O2S.C27H35N5O3S.C25H30ClN5O.C24H27Cl2N5O/c1-21-19-29-27(30-24-9-11-25(12-10-24)33-15-13-32(5)14-16-33)31-26(21)18-22-7-6-8-23(17-22)20-36(34,35)28(2,3)4;1-5-21-19-28-26(29-22-9-11-23(12-10-22)32-13-15-35-16-14-32)30-25(21)18-20-7-6-8-24(17-20)36(33,34)31-27(2,3)4;1-4-32-24-16-19(5-10-22(24)26)15-23-18(2)17-27-25(29-23)28-20-6-8-21(9-7-20)31-13-11-30(3)12-14-31;1-3-32-23-15-17(4-9-20(23)25)14-22-21(26)16-27-24(29-22)28-18-5-7-19(8-6-18)31-12-10-30(2)11-13-31/h6-12,17,19H,13-16,18,20H2,1-5H3,(H,29,30,31);6-12,17,19,31H,5,13-16,18H2,1-4H3,(H,28,29,30);5-10,16-17H,4,11-15H2,1-3H3,(H,27,28,29);4-9,15-16H,3,10-14H2,1-2H3,(H,27,28,29). The van der Waals surface area contributed by atoms with Crippen LogP contribution in [0.25, 0.3) is 0 Å². The lowest BCUT2D eigenvalue weighted by Gasteiger charge is -2.34. The number of piperazine rings is 3. The zero-order valence-electron chi connectivity index (χ0n) is 80.6. The fourth-order valence-electron chi connectivity index (χ4n) is 15.7. The number of aromatic nitrogens is 8. The van der Waals surface area contributed by atoms with Gasteiger partial charge in [-0.15, -0.1) is 0 Å². The van der Waals surface area contributed by atoms with Gasteiger partial charge in [-0.2, -0.15) is 0 Å². The Labute approximate surface area is 818 Å². The van der Waals surface area contributed by atoms with Gasteiger partial charge >= 0.3 is 0 Å². The van der Waals surface area contributed by atoms with Crippen LogP contribution >= 0.6 is 34.8 Å². The van der Waals surface area contributed by atoms with E-state index in [1.807, 2.05) is 146 Å². The van der Waals surface area contributed by atoms with Crippen molar-refractivity contribution in [1.29, 1.82) is 0 Å². The van der Waals surface area contributed by atoms with Crippen molar-refractivity contribution < 1.29 is 31.0 Å². The quantitative estimate of drug-likeness (QED) is 0.0291. The van der Waals surface area contributed by atoms with Crippen LogP contribution in [0.15, 0.2) is 212 Å². The molecule has 0 atom stereocenters. The van der Waals surface area contributed by atoms with Gasteiger partial charge in [0.25, 0.3) is 0 Å². The van der Waals surface area contributed by atoms with Gasteiger partial charge in [0.1, 0.15) is 11.5 Å². The molecule has 32 heteroatoms. The van der Waals surface area contributed by atoms with Crippen LogP contribution in [0.3, 0.4) is 0 Å². The lowest BCUT2D eigenvalue weighted by atomic mass is 10.0. The van der Waals surface area contributed by atoms with Crippen LogP contribution in [0.1, 0.15) is 130 Å². The zero-order chi connectivity index (χ0) is 96.7. The van der Waals surface area contributed by atoms with Crippen LogP contribution < -0.4 is 55.1 Å². The number of rotatable bonds is 29. The normalized spacial score (nSPS) is 14.7. The predicted octanol–water partition coefficient (Wildman–Crippen LogP) is 19.1. The highest BCUT2D eigenvalue weighted by Gasteiger charge is 2.30. The van der Waals surface area contributed by atoms with E-state index in [4.69, 9.17) is 64.0 Å². The van der Waals surface area contributed by atoms with Crippen LogP contribution in [0.4, 0.5) is 69.3 Å². The molecule has 4 saturated heterocycles. The second-order valence-electron chi connectivity index (χ2n) is 36.6. The van der Waals surface area contributed by atoms with Gasteiger partial charge in [0.15, 0.2) is 9.84 Å². The molecule has 4 aliphatic heterocycles. The molecule has 0 radical (unpaired) electrons. The van der Waals surface area contributed by atoms with Crippen molar-refractivity contribution in [3.8, 4) is 11.5 Å². The number of ether oxygens (including phenoxy) is 3. The zero-order valence-corrected chi connectivity index (χ0v) is 84.5. The molecule has 8 aromatic carbocycles. The molecule has 4 fully saturated rings. The summed E-state index contributed by atoms with van der Waals surface area (Å²) in [6.45, 7) is 37.9. The van der Waals surface area contributed by atoms with E-state index in [9.17, 15) is 16.8 Å². The molecule has 8 heterocycles. The Balaban J connectivity index is 0.000000154. The first-order valence-corrected chi connectivity index (χ1v) is 50.8. The van der Waals surface area contributed by atoms with Gasteiger partial charge in [-0.1, -0.05) is 90.3 Å². The van der Waals surface area contributed by atoms with Crippen LogP contribution in [0, 0.1) is 13.8 Å². The smallest absolute Gasteiger partial charge is 0.241 e. The largest absolute Gasteiger partial charge is 0.492 e. The molecule has 0 saturated carbocycles. The number of likely N-dealkylation sites (N-methyl/N-ethyl adjacent to an activating group) is 3. The Morgan fingerprint density at radius 3 is 1.12 bits per heavy atom. The van der Waals surface area contributed by atoms with Gasteiger partial charge in [-0.05, 0) is 275 Å². The highest BCUT2D eigenvalue weighted by Crippen LogP contribution is 2.34. The van der Waals surface area contributed by atoms with Gasteiger partial charge in [0.05, 0.1) is 85.9 Å². The number of nitrogens with zero attached hydrogens (tertiary/aromatic N) is 15. The van der Waals surface area contributed by atoms with Crippen LogP contribution in [0.2, 0.25) is 15.1 Å².